The van der Waals surface area contributed by atoms with Crippen LogP contribution in [0.15, 0.2) is 12.2 Å². The Morgan fingerprint density at radius 1 is 1.08 bits per heavy atom. The minimum Gasteiger partial charge on any atom is -0.392 e. The third kappa shape index (κ3) is 1.78. The summed E-state index contributed by atoms with van der Waals surface area (Å²) >= 11 is 0. The second kappa shape index (κ2) is 5.29. The highest BCUT2D eigenvalue weighted by atomic mass is 16.5. The number of hydrogen-bond donors (Lipinski definition) is 1. The van der Waals surface area contributed by atoms with E-state index in [1.807, 2.05) is 0 Å². The van der Waals surface area contributed by atoms with E-state index < -0.39 is 16.9 Å². The molecule has 1 heterocycles. The molecule has 1 N–H and O–H groups in total. The van der Waals surface area contributed by atoms with Crippen LogP contribution in [0.4, 0.5) is 0 Å². The molecule has 6 rings (SSSR count). The van der Waals surface area contributed by atoms with E-state index in [0.29, 0.717) is 18.6 Å². The molecule has 26 heavy (non-hydrogen) atoms. The molecule has 1 saturated heterocycles. The molecule has 5 saturated carbocycles. The van der Waals surface area contributed by atoms with Crippen molar-refractivity contribution >= 4 is 11.6 Å². The van der Waals surface area contributed by atoms with Crippen LogP contribution in [0.2, 0.25) is 0 Å². The molecule has 6 fully saturated rings. The molecule has 0 aromatic rings. The summed E-state index contributed by atoms with van der Waals surface area (Å²) < 4.78 is 5.75. The van der Waals surface area contributed by atoms with Crippen molar-refractivity contribution in [1.29, 1.82) is 0 Å². The number of allylic oxidation sites excluding steroid dienone is 1. The van der Waals surface area contributed by atoms with Gasteiger partial charge < -0.3 is 9.84 Å². The van der Waals surface area contributed by atoms with Crippen LogP contribution in [0.3, 0.4) is 0 Å². The van der Waals surface area contributed by atoms with Gasteiger partial charge in [0.1, 0.15) is 6.61 Å². The first kappa shape index (κ1) is 17.1. The van der Waals surface area contributed by atoms with Crippen molar-refractivity contribution in [3.05, 3.63) is 12.2 Å². The summed E-state index contributed by atoms with van der Waals surface area (Å²) in [6.07, 6.45) is 6.39. The van der Waals surface area contributed by atoms with Crippen LogP contribution < -0.4 is 0 Å². The molecule has 7 unspecified atom stereocenters. The molecule has 142 valence electrons. The number of ketones is 2. The number of aliphatic hydroxyl groups excluding tert-OH is 1. The van der Waals surface area contributed by atoms with Gasteiger partial charge in [0.15, 0.2) is 11.6 Å². The Morgan fingerprint density at radius 3 is 2.69 bits per heavy atom. The van der Waals surface area contributed by atoms with Crippen molar-refractivity contribution in [3.8, 4) is 0 Å². The molecular weight excluding hydrogens is 328 g/mol. The first-order chi connectivity index (χ1) is 12.4. The number of ether oxygens (including phenoxy) is 1. The average molecular weight is 358 g/mol. The highest BCUT2D eigenvalue weighted by Gasteiger charge is 2.73. The number of aliphatic hydroxyl groups is 1. The SMILES string of the molecule is C=C1C(=O)C23CCC1CC2C12CCCC(C)(CCOCC1=O)C2CC3O. The highest BCUT2D eigenvalue weighted by molar-refractivity contribution is 6.03. The fraction of sp³-hybridized carbons (Fsp3) is 0.818. The molecule has 6 aliphatic rings. The molecule has 1 spiro atoms. The second-order valence-electron chi connectivity index (χ2n) is 10.00. The molecule has 7 atom stereocenters. The summed E-state index contributed by atoms with van der Waals surface area (Å²) in [5, 5.41) is 11.3. The van der Waals surface area contributed by atoms with E-state index in [4.69, 9.17) is 4.74 Å². The van der Waals surface area contributed by atoms with E-state index in [9.17, 15) is 14.7 Å². The van der Waals surface area contributed by atoms with Gasteiger partial charge in [-0.1, -0.05) is 19.9 Å². The van der Waals surface area contributed by atoms with Crippen LogP contribution >= 0.6 is 0 Å². The van der Waals surface area contributed by atoms with Crippen molar-refractivity contribution in [2.24, 2.45) is 34.0 Å². The molecule has 1 aliphatic heterocycles. The fourth-order valence-electron chi connectivity index (χ4n) is 8.02. The molecule has 0 aromatic carbocycles. The Bertz CT molecular complexity index is 698. The number of hydrogen-bond acceptors (Lipinski definition) is 4. The lowest BCUT2D eigenvalue weighted by Gasteiger charge is -2.68. The van der Waals surface area contributed by atoms with Gasteiger partial charge >= 0.3 is 0 Å². The van der Waals surface area contributed by atoms with Gasteiger partial charge in [-0.05, 0) is 73.7 Å². The van der Waals surface area contributed by atoms with Crippen LogP contribution in [0.5, 0.6) is 0 Å². The quantitative estimate of drug-likeness (QED) is 0.676. The number of carbonyl (C=O) groups is 2. The van der Waals surface area contributed by atoms with E-state index in [0.717, 1.165) is 44.9 Å². The first-order valence-corrected chi connectivity index (χ1v) is 10.4. The van der Waals surface area contributed by atoms with Gasteiger partial charge in [-0.3, -0.25) is 9.59 Å². The molecule has 4 nitrogen and oxygen atoms in total. The third-order valence-corrected chi connectivity index (χ3v) is 9.30. The zero-order chi connectivity index (χ0) is 18.3. The standard InChI is InChI=1S/C22H30O4/c1-13-14-4-7-22(19(13)25)16(10-14)21-6-3-5-20(2,15(21)11-17(22)23)8-9-26-12-18(21)24/h14-17,23H,1,3-12H2,2H3. The van der Waals surface area contributed by atoms with Gasteiger partial charge in [-0.25, -0.2) is 0 Å². The van der Waals surface area contributed by atoms with Gasteiger partial charge in [0.25, 0.3) is 0 Å². The Morgan fingerprint density at radius 2 is 1.88 bits per heavy atom. The Labute approximate surface area is 155 Å². The second-order valence-corrected chi connectivity index (χ2v) is 10.00. The predicted octanol–water partition coefficient (Wildman–Crippen LogP) is 3.07. The zero-order valence-electron chi connectivity index (χ0n) is 15.8. The Hall–Kier alpha value is -1.00. The van der Waals surface area contributed by atoms with Crippen LogP contribution in [0.25, 0.3) is 0 Å². The molecule has 4 bridgehead atoms. The summed E-state index contributed by atoms with van der Waals surface area (Å²) in [6.45, 7) is 7.17. The fourth-order valence-corrected chi connectivity index (χ4v) is 8.02. The molecule has 5 aliphatic carbocycles. The number of carbonyl (C=O) groups excluding carboxylic acids is 2. The Balaban J connectivity index is 1.71. The zero-order valence-corrected chi connectivity index (χ0v) is 15.8. The van der Waals surface area contributed by atoms with Crippen molar-refractivity contribution in [3.63, 3.8) is 0 Å². The highest BCUT2D eigenvalue weighted by Crippen LogP contribution is 2.72. The van der Waals surface area contributed by atoms with Gasteiger partial charge in [0.2, 0.25) is 0 Å². The summed E-state index contributed by atoms with van der Waals surface area (Å²) in [5.41, 5.74) is -0.528. The summed E-state index contributed by atoms with van der Waals surface area (Å²) in [7, 11) is 0. The van der Waals surface area contributed by atoms with Gasteiger partial charge in [-0.15, -0.1) is 0 Å². The molecular formula is C22H30O4. The van der Waals surface area contributed by atoms with Gasteiger partial charge in [0, 0.05) is 12.0 Å². The predicted molar refractivity (Wildman–Crippen MR) is 96.4 cm³/mol. The van der Waals surface area contributed by atoms with E-state index in [-0.39, 0.29) is 41.3 Å². The van der Waals surface area contributed by atoms with Crippen LogP contribution in [-0.4, -0.2) is 36.0 Å². The molecule has 0 radical (unpaired) electrons. The smallest absolute Gasteiger partial charge is 0.167 e. The van der Waals surface area contributed by atoms with Crippen molar-refractivity contribution < 1.29 is 19.4 Å². The normalized spacial score (nSPS) is 53.5. The minimum atomic E-state index is -0.768. The van der Waals surface area contributed by atoms with E-state index in [1.165, 1.54) is 0 Å². The molecule has 4 heteroatoms. The number of fused-ring (bicyclic) bond motifs is 2. The monoisotopic (exact) mass is 358 g/mol. The van der Waals surface area contributed by atoms with E-state index >= 15 is 0 Å². The van der Waals surface area contributed by atoms with Crippen molar-refractivity contribution in [2.45, 2.75) is 64.4 Å². The lowest BCUT2D eigenvalue weighted by Crippen LogP contribution is -2.71. The first-order valence-electron chi connectivity index (χ1n) is 10.4. The third-order valence-electron chi connectivity index (χ3n) is 9.30. The topological polar surface area (TPSA) is 63.6 Å². The van der Waals surface area contributed by atoms with Crippen LogP contribution in [-0.2, 0) is 14.3 Å². The largest absolute Gasteiger partial charge is 0.392 e. The summed E-state index contributed by atoms with van der Waals surface area (Å²) in [4.78, 5) is 26.9. The van der Waals surface area contributed by atoms with Crippen molar-refractivity contribution in [2.75, 3.05) is 13.2 Å². The maximum atomic E-state index is 13.6. The lowest BCUT2D eigenvalue weighted by molar-refractivity contribution is -0.225. The summed E-state index contributed by atoms with van der Waals surface area (Å²) in [5.74, 6) is 0.603. The average Bonchev–Trinajstić information content (AvgIpc) is 2.63. The number of rotatable bonds is 0. The number of Topliss-reactive ketones (excluding diaryl/α,β-unsaturated/α-hetero) is 2. The maximum absolute atomic E-state index is 13.6. The summed E-state index contributed by atoms with van der Waals surface area (Å²) in [6, 6.07) is 0. The molecule has 0 aromatic heterocycles. The maximum Gasteiger partial charge on any atom is 0.167 e. The van der Waals surface area contributed by atoms with Crippen molar-refractivity contribution in [1.82, 2.24) is 0 Å². The minimum absolute atomic E-state index is 0.0215. The lowest BCUT2D eigenvalue weighted by atomic mass is 9.34. The van der Waals surface area contributed by atoms with E-state index in [2.05, 4.69) is 13.5 Å². The Kier molecular flexibility index (Phi) is 3.48. The van der Waals surface area contributed by atoms with Crippen LogP contribution in [0.1, 0.15) is 58.3 Å². The van der Waals surface area contributed by atoms with E-state index in [1.54, 1.807) is 0 Å². The van der Waals surface area contributed by atoms with Gasteiger partial charge in [0.05, 0.1) is 11.5 Å². The van der Waals surface area contributed by atoms with Gasteiger partial charge in [-0.2, -0.15) is 0 Å². The molecule has 0 amide bonds. The van der Waals surface area contributed by atoms with Crippen LogP contribution in [0, 0.1) is 34.0 Å².